The number of hydrogen-bond acceptors (Lipinski definition) is 3. The van der Waals surface area contributed by atoms with Gasteiger partial charge in [0.2, 0.25) is 0 Å². The van der Waals surface area contributed by atoms with Gasteiger partial charge in [0.25, 0.3) is 0 Å². The first kappa shape index (κ1) is 12.3. The molecule has 6 heteroatoms. The fourth-order valence-electron chi connectivity index (χ4n) is 1.99. The van der Waals surface area contributed by atoms with E-state index in [0.717, 1.165) is 0 Å². The van der Waals surface area contributed by atoms with Gasteiger partial charge in [0.15, 0.2) is 0 Å². The van der Waals surface area contributed by atoms with Crippen molar-refractivity contribution in [2.45, 2.75) is 0 Å². The third-order valence-electron chi connectivity index (χ3n) is 3.00. The lowest BCUT2D eigenvalue weighted by atomic mass is 10.2. The summed E-state index contributed by atoms with van der Waals surface area (Å²) in [5, 5.41) is 8.81. The van der Waals surface area contributed by atoms with Crippen molar-refractivity contribution in [1.29, 1.82) is 0 Å². The molecule has 2 rings (SSSR count). The van der Waals surface area contributed by atoms with Gasteiger partial charge in [-0.1, -0.05) is 0 Å². The number of nitrogens with zero attached hydrogens (tertiary/aromatic N) is 2. The molecule has 1 aromatic carbocycles. The summed E-state index contributed by atoms with van der Waals surface area (Å²) in [6.07, 6.45) is -0.360. The average molecular weight is 252 g/mol. The molecule has 1 aliphatic rings. The number of hydrogen-bond donors (Lipinski definition) is 1. The maximum absolute atomic E-state index is 13.7. The van der Waals surface area contributed by atoms with Crippen LogP contribution in [-0.4, -0.2) is 48.6 Å². The van der Waals surface area contributed by atoms with Gasteiger partial charge in [-0.05, 0) is 18.2 Å². The van der Waals surface area contributed by atoms with Crippen molar-refractivity contribution in [2.24, 2.45) is 0 Å². The standard InChI is InChI=1S/C12H13FN2O3/c13-10-7-9(8-16)1-2-11(10)14-3-5-15(6-4-14)12(17)18/h1-2,7-8H,3-6H2,(H,17,18). The number of aldehydes is 1. The highest BCUT2D eigenvalue weighted by molar-refractivity contribution is 5.76. The van der Waals surface area contributed by atoms with Crippen molar-refractivity contribution in [1.82, 2.24) is 4.90 Å². The molecule has 0 bridgehead atoms. The topological polar surface area (TPSA) is 60.9 Å². The molecule has 0 spiro atoms. The quantitative estimate of drug-likeness (QED) is 0.809. The van der Waals surface area contributed by atoms with Gasteiger partial charge < -0.3 is 14.9 Å². The van der Waals surface area contributed by atoms with Gasteiger partial charge in [-0.3, -0.25) is 4.79 Å². The third-order valence-corrected chi connectivity index (χ3v) is 3.00. The molecule has 0 saturated carbocycles. The molecule has 96 valence electrons. The van der Waals surface area contributed by atoms with E-state index >= 15 is 0 Å². The molecule has 0 radical (unpaired) electrons. The van der Waals surface area contributed by atoms with Crippen LogP contribution in [0.3, 0.4) is 0 Å². The van der Waals surface area contributed by atoms with E-state index in [9.17, 15) is 14.0 Å². The molecule has 18 heavy (non-hydrogen) atoms. The molecule has 0 unspecified atom stereocenters. The molecule has 1 aliphatic heterocycles. The van der Waals surface area contributed by atoms with Gasteiger partial charge in [0.05, 0.1) is 5.69 Å². The fraction of sp³-hybridized carbons (Fsp3) is 0.333. The van der Waals surface area contributed by atoms with Crippen molar-refractivity contribution in [2.75, 3.05) is 31.1 Å². The molecule has 0 aromatic heterocycles. The Bertz CT molecular complexity index is 470. The van der Waals surface area contributed by atoms with E-state index in [2.05, 4.69) is 0 Å². The van der Waals surface area contributed by atoms with Crippen LogP contribution in [0.4, 0.5) is 14.9 Å². The SMILES string of the molecule is O=Cc1ccc(N2CCN(C(=O)O)CC2)c(F)c1. The van der Waals surface area contributed by atoms with Crippen LogP contribution >= 0.6 is 0 Å². The number of anilines is 1. The summed E-state index contributed by atoms with van der Waals surface area (Å²) < 4.78 is 13.7. The highest BCUT2D eigenvalue weighted by Crippen LogP contribution is 2.21. The van der Waals surface area contributed by atoms with Crippen molar-refractivity contribution in [3.05, 3.63) is 29.6 Å². The molecule has 1 fully saturated rings. The molecule has 1 saturated heterocycles. The first-order chi connectivity index (χ1) is 8.61. The number of carbonyl (C=O) groups is 2. The van der Waals surface area contributed by atoms with Crippen molar-refractivity contribution >= 4 is 18.1 Å². The number of piperazine rings is 1. The van der Waals surface area contributed by atoms with Crippen molar-refractivity contribution < 1.29 is 19.1 Å². The predicted molar refractivity (Wildman–Crippen MR) is 63.6 cm³/mol. The fourth-order valence-corrected chi connectivity index (χ4v) is 1.99. The van der Waals surface area contributed by atoms with E-state index in [-0.39, 0.29) is 0 Å². The first-order valence-electron chi connectivity index (χ1n) is 5.59. The molecule has 1 amide bonds. The van der Waals surface area contributed by atoms with E-state index in [4.69, 9.17) is 5.11 Å². The summed E-state index contributed by atoms with van der Waals surface area (Å²) in [6.45, 7) is 1.60. The third kappa shape index (κ3) is 2.42. The minimum atomic E-state index is -0.952. The Balaban J connectivity index is 2.10. The van der Waals surface area contributed by atoms with Gasteiger partial charge in [-0.15, -0.1) is 0 Å². The number of carbonyl (C=O) groups excluding carboxylic acids is 1. The van der Waals surface area contributed by atoms with Gasteiger partial charge in [-0.25, -0.2) is 9.18 Å². The van der Waals surface area contributed by atoms with Crippen LogP contribution in [0.15, 0.2) is 18.2 Å². The monoisotopic (exact) mass is 252 g/mol. The van der Waals surface area contributed by atoms with Gasteiger partial charge in [0.1, 0.15) is 12.1 Å². The Morgan fingerprint density at radius 2 is 1.94 bits per heavy atom. The lowest BCUT2D eigenvalue weighted by molar-refractivity contribution is 0.112. The predicted octanol–water partition coefficient (Wildman–Crippen LogP) is 1.44. The number of rotatable bonds is 2. The maximum atomic E-state index is 13.7. The summed E-state index contributed by atoms with van der Waals surface area (Å²) in [6, 6.07) is 4.29. The zero-order valence-corrected chi connectivity index (χ0v) is 9.67. The van der Waals surface area contributed by atoms with E-state index in [0.29, 0.717) is 43.7 Å². The zero-order valence-electron chi connectivity index (χ0n) is 9.67. The number of benzene rings is 1. The molecular formula is C12H13FN2O3. The number of carboxylic acid groups (broad SMARTS) is 1. The molecule has 0 atom stereocenters. The normalized spacial score (nSPS) is 15.6. The average Bonchev–Trinajstić information content (AvgIpc) is 2.38. The minimum absolute atomic E-state index is 0.292. The lowest BCUT2D eigenvalue weighted by Crippen LogP contribution is -2.48. The van der Waals surface area contributed by atoms with Crippen LogP contribution in [0, 0.1) is 5.82 Å². The van der Waals surface area contributed by atoms with E-state index < -0.39 is 11.9 Å². The van der Waals surface area contributed by atoms with Crippen LogP contribution in [0.2, 0.25) is 0 Å². The lowest BCUT2D eigenvalue weighted by Gasteiger charge is -2.34. The Morgan fingerprint density at radius 1 is 1.28 bits per heavy atom. The Hall–Kier alpha value is -2.11. The molecule has 0 aliphatic carbocycles. The van der Waals surface area contributed by atoms with E-state index in [1.54, 1.807) is 17.0 Å². The van der Waals surface area contributed by atoms with Crippen LogP contribution in [-0.2, 0) is 0 Å². The number of amides is 1. The second-order valence-corrected chi connectivity index (χ2v) is 4.09. The second kappa shape index (κ2) is 5.03. The number of halogens is 1. The molecule has 1 aromatic rings. The second-order valence-electron chi connectivity index (χ2n) is 4.09. The Morgan fingerprint density at radius 3 is 2.44 bits per heavy atom. The first-order valence-corrected chi connectivity index (χ1v) is 5.59. The Labute approximate surface area is 103 Å². The summed E-state index contributed by atoms with van der Waals surface area (Å²) in [7, 11) is 0. The summed E-state index contributed by atoms with van der Waals surface area (Å²) in [5.74, 6) is -0.455. The smallest absolute Gasteiger partial charge is 0.407 e. The highest BCUT2D eigenvalue weighted by atomic mass is 19.1. The largest absolute Gasteiger partial charge is 0.465 e. The van der Waals surface area contributed by atoms with Crippen molar-refractivity contribution in [3.63, 3.8) is 0 Å². The van der Waals surface area contributed by atoms with Crippen LogP contribution in [0.5, 0.6) is 0 Å². The maximum Gasteiger partial charge on any atom is 0.407 e. The van der Waals surface area contributed by atoms with Gasteiger partial charge in [-0.2, -0.15) is 0 Å². The van der Waals surface area contributed by atoms with Gasteiger partial charge in [0, 0.05) is 31.7 Å². The van der Waals surface area contributed by atoms with Crippen LogP contribution < -0.4 is 4.90 Å². The van der Waals surface area contributed by atoms with Gasteiger partial charge >= 0.3 is 6.09 Å². The molecular weight excluding hydrogens is 239 g/mol. The minimum Gasteiger partial charge on any atom is -0.465 e. The Kier molecular flexibility index (Phi) is 3.45. The van der Waals surface area contributed by atoms with Crippen molar-refractivity contribution in [3.8, 4) is 0 Å². The summed E-state index contributed by atoms with van der Waals surface area (Å²) >= 11 is 0. The summed E-state index contributed by atoms with van der Waals surface area (Å²) in [5.41, 5.74) is 0.700. The molecule has 1 heterocycles. The van der Waals surface area contributed by atoms with E-state index in [1.807, 2.05) is 0 Å². The van der Waals surface area contributed by atoms with E-state index in [1.165, 1.54) is 11.0 Å². The van der Waals surface area contributed by atoms with Crippen LogP contribution in [0.1, 0.15) is 10.4 Å². The van der Waals surface area contributed by atoms with Crippen LogP contribution in [0.25, 0.3) is 0 Å². The molecule has 1 N–H and O–H groups in total. The summed E-state index contributed by atoms with van der Waals surface area (Å²) in [4.78, 5) is 24.3. The zero-order chi connectivity index (χ0) is 13.1. The molecule has 5 nitrogen and oxygen atoms in total. The highest BCUT2D eigenvalue weighted by Gasteiger charge is 2.22.